The Morgan fingerprint density at radius 1 is 1.54 bits per heavy atom. The normalized spacial score (nSPS) is 20.8. The van der Waals surface area contributed by atoms with Crippen molar-refractivity contribution in [2.45, 2.75) is 26.7 Å². The number of carbonyl (C=O) groups is 1. The molecule has 2 nitrogen and oxygen atoms in total. The summed E-state index contributed by atoms with van der Waals surface area (Å²) in [6, 6.07) is 0. The van der Waals surface area contributed by atoms with Crippen LogP contribution in [0.4, 0.5) is 0 Å². The molecule has 0 aliphatic heterocycles. The Labute approximate surface area is 85.0 Å². The van der Waals surface area contributed by atoms with Gasteiger partial charge in [0.25, 0.3) is 0 Å². The monoisotopic (exact) mass is 203 g/mol. The number of nitrogens with one attached hydrogen (secondary N) is 1. The van der Waals surface area contributed by atoms with Gasteiger partial charge in [0.2, 0.25) is 5.91 Å². The van der Waals surface area contributed by atoms with Gasteiger partial charge in [-0.3, -0.25) is 4.79 Å². The van der Waals surface area contributed by atoms with Gasteiger partial charge in [-0.05, 0) is 24.7 Å². The second kappa shape index (κ2) is 4.85. The minimum absolute atomic E-state index is 0.194. The quantitative estimate of drug-likeness (QED) is 0.681. The van der Waals surface area contributed by atoms with Crippen LogP contribution < -0.4 is 5.32 Å². The molecule has 1 amide bonds. The molecule has 0 aromatic heterocycles. The van der Waals surface area contributed by atoms with E-state index in [0.29, 0.717) is 24.3 Å². The highest BCUT2D eigenvalue weighted by Gasteiger charge is 2.32. The van der Waals surface area contributed by atoms with Crippen LogP contribution >= 0.6 is 11.6 Å². The number of hydrogen-bond acceptors (Lipinski definition) is 1. The molecule has 0 spiro atoms. The van der Waals surface area contributed by atoms with Crippen molar-refractivity contribution in [1.82, 2.24) is 5.32 Å². The van der Waals surface area contributed by atoms with Crippen LogP contribution in [-0.4, -0.2) is 18.3 Å². The molecule has 13 heavy (non-hydrogen) atoms. The lowest BCUT2D eigenvalue weighted by Gasteiger charge is -2.13. The molecule has 1 fully saturated rings. The average molecular weight is 204 g/mol. The van der Waals surface area contributed by atoms with Gasteiger partial charge >= 0.3 is 0 Å². The molecular formula is C10H18ClNO. The van der Waals surface area contributed by atoms with Crippen molar-refractivity contribution in [2.24, 2.45) is 17.8 Å². The van der Waals surface area contributed by atoms with Gasteiger partial charge in [0, 0.05) is 18.3 Å². The number of hydrogen-bond donors (Lipinski definition) is 1. The molecule has 0 aromatic carbocycles. The molecule has 2 unspecified atom stereocenters. The van der Waals surface area contributed by atoms with E-state index in [-0.39, 0.29) is 11.8 Å². The maximum absolute atomic E-state index is 11.5. The van der Waals surface area contributed by atoms with Gasteiger partial charge in [-0.1, -0.05) is 13.8 Å². The Morgan fingerprint density at radius 3 is 2.62 bits per heavy atom. The zero-order chi connectivity index (χ0) is 9.84. The Bertz CT molecular complexity index is 180. The molecule has 2 atom stereocenters. The third kappa shape index (κ3) is 3.55. The summed E-state index contributed by atoms with van der Waals surface area (Å²) < 4.78 is 0. The summed E-state index contributed by atoms with van der Waals surface area (Å²) in [6.07, 6.45) is 2.44. The minimum Gasteiger partial charge on any atom is -0.356 e. The van der Waals surface area contributed by atoms with Crippen LogP contribution in [0.15, 0.2) is 0 Å². The van der Waals surface area contributed by atoms with Crippen LogP contribution in [0.25, 0.3) is 0 Å². The molecule has 1 aliphatic carbocycles. The molecule has 0 bridgehead atoms. The first-order chi connectivity index (χ1) is 6.15. The van der Waals surface area contributed by atoms with E-state index < -0.39 is 0 Å². The maximum atomic E-state index is 11.5. The minimum atomic E-state index is 0.194. The van der Waals surface area contributed by atoms with Crippen molar-refractivity contribution in [3.63, 3.8) is 0 Å². The highest BCUT2D eigenvalue weighted by atomic mass is 35.5. The van der Waals surface area contributed by atoms with E-state index >= 15 is 0 Å². The summed E-state index contributed by atoms with van der Waals surface area (Å²) in [5.41, 5.74) is 0. The molecule has 1 saturated carbocycles. The SMILES string of the molecule is CC(CCl)CNC(=O)C(C)C1CC1. The zero-order valence-electron chi connectivity index (χ0n) is 8.35. The summed E-state index contributed by atoms with van der Waals surface area (Å²) in [5.74, 6) is 2.02. The first-order valence-corrected chi connectivity index (χ1v) is 5.52. The smallest absolute Gasteiger partial charge is 0.223 e. The van der Waals surface area contributed by atoms with E-state index in [1.807, 2.05) is 13.8 Å². The van der Waals surface area contributed by atoms with E-state index in [4.69, 9.17) is 11.6 Å². The summed E-state index contributed by atoms with van der Waals surface area (Å²) in [6.45, 7) is 4.76. The molecular weight excluding hydrogens is 186 g/mol. The van der Waals surface area contributed by atoms with Crippen molar-refractivity contribution < 1.29 is 4.79 Å². The first-order valence-electron chi connectivity index (χ1n) is 4.98. The van der Waals surface area contributed by atoms with Crippen LogP contribution in [-0.2, 0) is 4.79 Å². The Morgan fingerprint density at radius 2 is 2.15 bits per heavy atom. The summed E-state index contributed by atoms with van der Waals surface area (Å²) in [4.78, 5) is 11.5. The van der Waals surface area contributed by atoms with Gasteiger partial charge < -0.3 is 5.32 Å². The van der Waals surface area contributed by atoms with E-state index in [9.17, 15) is 4.79 Å². The molecule has 0 aromatic rings. The molecule has 0 radical (unpaired) electrons. The van der Waals surface area contributed by atoms with Crippen LogP contribution in [0.5, 0.6) is 0 Å². The Hall–Kier alpha value is -0.240. The van der Waals surface area contributed by atoms with Crippen molar-refractivity contribution in [2.75, 3.05) is 12.4 Å². The second-order valence-corrected chi connectivity index (χ2v) is 4.44. The van der Waals surface area contributed by atoms with Gasteiger partial charge in [0.05, 0.1) is 0 Å². The molecule has 76 valence electrons. The fraction of sp³-hybridized carbons (Fsp3) is 0.900. The van der Waals surface area contributed by atoms with Gasteiger partial charge in [-0.2, -0.15) is 0 Å². The van der Waals surface area contributed by atoms with E-state index in [1.54, 1.807) is 0 Å². The Kier molecular flexibility index (Phi) is 4.04. The van der Waals surface area contributed by atoms with Gasteiger partial charge in [0.1, 0.15) is 0 Å². The van der Waals surface area contributed by atoms with E-state index in [1.165, 1.54) is 12.8 Å². The first kappa shape index (κ1) is 10.8. The molecule has 3 heteroatoms. The highest BCUT2D eigenvalue weighted by Crippen LogP contribution is 2.36. The van der Waals surface area contributed by atoms with Gasteiger partial charge in [-0.25, -0.2) is 0 Å². The summed E-state index contributed by atoms with van der Waals surface area (Å²) in [7, 11) is 0. The number of carbonyl (C=O) groups excluding carboxylic acids is 1. The topological polar surface area (TPSA) is 29.1 Å². The van der Waals surface area contributed by atoms with Gasteiger partial charge in [-0.15, -0.1) is 11.6 Å². The van der Waals surface area contributed by atoms with E-state index in [0.717, 1.165) is 0 Å². The predicted molar refractivity (Wildman–Crippen MR) is 54.8 cm³/mol. The molecule has 0 heterocycles. The third-order valence-corrected chi connectivity index (χ3v) is 3.16. The van der Waals surface area contributed by atoms with Crippen LogP contribution in [0.1, 0.15) is 26.7 Å². The summed E-state index contributed by atoms with van der Waals surface area (Å²) in [5, 5.41) is 2.93. The second-order valence-electron chi connectivity index (χ2n) is 4.13. The van der Waals surface area contributed by atoms with Gasteiger partial charge in [0.15, 0.2) is 0 Å². The predicted octanol–water partition coefficient (Wildman–Crippen LogP) is 2.02. The van der Waals surface area contributed by atoms with Crippen molar-refractivity contribution >= 4 is 17.5 Å². The maximum Gasteiger partial charge on any atom is 0.223 e. The summed E-state index contributed by atoms with van der Waals surface area (Å²) >= 11 is 5.64. The number of alkyl halides is 1. The fourth-order valence-electron chi connectivity index (χ4n) is 1.30. The lowest BCUT2D eigenvalue weighted by Crippen LogP contribution is -2.33. The standard InChI is InChI=1S/C10H18ClNO/c1-7(5-11)6-12-10(13)8(2)9-3-4-9/h7-9H,3-6H2,1-2H3,(H,12,13). The molecule has 1 N–H and O–H groups in total. The van der Waals surface area contributed by atoms with Crippen molar-refractivity contribution in [1.29, 1.82) is 0 Å². The lowest BCUT2D eigenvalue weighted by molar-refractivity contribution is -0.125. The van der Waals surface area contributed by atoms with Crippen LogP contribution in [0, 0.1) is 17.8 Å². The number of amides is 1. The third-order valence-electron chi connectivity index (χ3n) is 2.63. The number of rotatable bonds is 5. The zero-order valence-corrected chi connectivity index (χ0v) is 9.10. The fourth-order valence-corrected chi connectivity index (χ4v) is 1.41. The largest absolute Gasteiger partial charge is 0.356 e. The molecule has 0 saturated heterocycles. The highest BCUT2D eigenvalue weighted by molar-refractivity contribution is 6.18. The van der Waals surface area contributed by atoms with Crippen molar-refractivity contribution in [3.05, 3.63) is 0 Å². The molecule has 1 aliphatic rings. The molecule has 1 rings (SSSR count). The average Bonchev–Trinajstić information content (AvgIpc) is 2.95. The van der Waals surface area contributed by atoms with E-state index in [2.05, 4.69) is 5.32 Å². The number of halogens is 1. The van der Waals surface area contributed by atoms with Crippen molar-refractivity contribution in [3.8, 4) is 0 Å². The van der Waals surface area contributed by atoms with Crippen LogP contribution in [0.2, 0.25) is 0 Å². The lowest BCUT2D eigenvalue weighted by atomic mass is 10.1. The van der Waals surface area contributed by atoms with Crippen LogP contribution in [0.3, 0.4) is 0 Å². The Balaban J connectivity index is 2.16.